The van der Waals surface area contributed by atoms with E-state index in [-0.39, 0.29) is 0 Å². The molecule has 2 rings (SSSR count). The van der Waals surface area contributed by atoms with Crippen LogP contribution in [0.3, 0.4) is 0 Å². The molecule has 0 saturated heterocycles. The number of rotatable bonds is 3. The van der Waals surface area contributed by atoms with E-state index in [1.54, 1.807) is 0 Å². The molecule has 2 heteroatoms. The van der Waals surface area contributed by atoms with Crippen LogP contribution in [0.25, 0.3) is 0 Å². The van der Waals surface area contributed by atoms with E-state index >= 15 is 0 Å². The van der Waals surface area contributed by atoms with Crippen LogP contribution in [0, 0.1) is 11.3 Å². The Balaban J connectivity index is 2.16. The van der Waals surface area contributed by atoms with E-state index in [9.17, 15) is 0 Å². The number of nitrogens with zero attached hydrogens (tertiary/aromatic N) is 1. The van der Waals surface area contributed by atoms with Crippen LogP contribution in [-0.2, 0) is 6.42 Å². The van der Waals surface area contributed by atoms with Crippen molar-refractivity contribution in [2.45, 2.75) is 6.42 Å². The molecule has 2 aromatic carbocycles. The molecule has 2 nitrogen and oxygen atoms in total. The third-order valence-electron chi connectivity index (χ3n) is 2.27. The summed E-state index contributed by atoms with van der Waals surface area (Å²) < 4.78 is 0. The Morgan fingerprint density at radius 2 is 1.69 bits per heavy atom. The predicted octanol–water partition coefficient (Wildman–Crippen LogP) is 3.50. The molecule has 1 N–H and O–H groups in total. The van der Waals surface area contributed by atoms with Gasteiger partial charge in [0, 0.05) is 11.4 Å². The maximum atomic E-state index is 8.63. The Bertz CT molecular complexity index is 498. The molecular weight excluding hydrogens is 196 g/mol. The summed E-state index contributed by atoms with van der Waals surface area (Å²) in [6, 6.07) is 20.0. The van der Waals surface area contributed by atoms with Crippen molar-refractivity contribution in [2.75, 3.05) is 5.32 Å². The van der Waals surface area contributed by atoms with Gasteiger partial charge in [-0.2, -0.15) is 5.26 Å². The van der Waals surface area contributed by atoms with Gasteiger partial charge in [-0.15, -0.1) is 0 Å². The van der Waals surface area contributed by atoms with Gasteiger partial charge < -0.3 is 5.32 Å². The first-order chi connectivity index (χ1) is 7.88. The van der Waals surface area contributed by atoms with Crippen LogP contribution in [0.5, 0.6) is 0 Å². The predicted molar refractivity (Wildman–Crippen MR) is 65.5 cm³/mol. The minimum absolute atomic E-state index is 0.449. The fraction of sp³-hybridized carbons (Fsp3) is 0.0714. The van der Waals surface area contributed by atoms with Gasteiger partial charge >= 0.3 is 0 Å². The van der Waals surface area contributed by atoms with Crippen molar-refractivity contribution < 1.29 is 0 Å². The molecule has 78 valence electrons. The van der Waals surface area contributed by atoms with Crippen molar-refractivity contribution in [2.24, 2.45) is 0 Å². The number of para-hydroxylation sites is 1. The third kappa shape index (κ3) is 2.61. The quantitative estimate of drug-likeness (QED) is 0.838. The zero-order valence-corrected chi connectivity index (χ0v) is 8.85. The van der Waals surface area contributed by atoms with Crippen LogP contribution in [0.2, 0.25) is 0 Å². The summed E-state index contributed by atoms with van der Waals surface area (Å²) in [6.07, 6.45) is 0.449. The monoisotopic (exact) mass is 208 g/mol. The van der Waals surface area contributed by atoms with Gasteiger partial charge in [0.05, 0.1) is 12.5 Å². The van der Waals surface area contributed by atoms with E-state index in [0.29, 0.717) is 6.42 Å². The molecule has 0 spiro atoms. The molecule has 0 fully saturated rings. The highest BCUT2D eigenvalue weighted by Crippen LogP contribution is 2.17. The molecule has 16 heavy (non-hydrogen) atoms. The second kappa shape index (κ2) is 4.99. The number of benzene rings is 2. The molecule has 0 heterocycles. The van der Waals surface area contributed by atoms with Crippen LogP contribution in [0.15, 0.2) is 54.6 Å². The Kier molecular flexibility index (Phi) is 3.20. The van der Waals surface area contributed by atoms with Gasteiger partial charge in [0.15, 0.2) is 0 Å². The molecule has 0 bridgehead atoms. The number of nitriles is 1. The normalized spacial score (nSPS) is 9.44. The van der Waals surface area contributed by atoms with Crippen LogP contribution in [0.4, 0.5) is 11.4 Å². The molecular formula is C14H12N2. The Morgan fingerprint density at radius 3 is 2.44 bits per heavy atom. The van der Waals surface area contributed by atoms with Crippen LogP contribution >= 0.6 is 0 Å². The van der Waals surface area contributed by atoms with Crippen molar-refractivity contribution >= 4 is 11.4 Å². The van der Waals surface area contributed by atoms with Gasteiger partial charge in [-0.1, -0.05) is 30.3 Å². The number of nitrogens with one attached hydrogen (secondary N) is 1. The average molecular weight is 208 g/mol. The van der Waals surface area contributed by atoms with E-state index in [0.717, 1.165) is 16.9 Å². The molecule has 0 saturated carbocycles. The van der Waals surface area contributed by atoms with Gasteiger partial charge in [-0.05, 0) is 29.8 Å². The van der Waals surface area contributed by atoms with Gasteiger partial charge in [0.2, 0.25) is 0 Å². The van der Waals surface area contributed by atoms with E-state index in [1.165, 1.54) is 0 Å². The lowest BCUT2D eigenvalue weighted by Gasteiger charge is -2.06. The first-order valence-corrected chi connectivity index (χ1v) is 5.16. The van der Waals surface area contributed by atoms with Crippen LogP contribution < -0.4 is 5.32 Å². The Morgan fingerprint density at radius 1 is 0.938 bits per heavy atom. The minimum Gasteiger partial charge on any atom is -0.356 e. The van der Waals surface area contributed by atoms with Crippen LogP contribution in [0.1, 0.15) is 5.56 Å². The lowest BCUT2D eigenvalue weighted by atomic mass is 10.1. The fourth-order valence-electron chi connectivity index (χ4n) is 1.54. The smallest absolute Gasteiger partial charge is 0.0669 e. The lowest BCUT2D eigenvalue weighted by molar-refractivity contribution is 1.26. The number of anilines is 2. The summed E-state index contributed by atoms with van der Waals surface area (Å²) in [5, 5.41) is 11.9. The SMILES string of the molecule is N#CCc1cccc(Nc2ccccc2)c1. The Labute approximate surface area is 95.2 Å². The van der Waals surface area contributed by atoms with Gasteiger partial charge in [-0.3, -0.25) is 0 Å². The zero-order valence-electron chi connectivity index (χ0n) is 8.85. The Hall–Kier alpha value is -2.27. The zero-order chi connectivity index (χ0) is 11.2. The third-order valence-corrected chi connectivity index (χ3v) is 2.27. The van der Waals surface area contributed by atoms with E-state index < -0.39 is 0 Å². The lowest BCUT2D eigenvalue weighted by Crippen LogP contribution is -1.91. The standard InChI is InChI=1S/C14H12N2/c15-10-9-12-5-4-8-14(11-12)16-13-6-2-1-3-7-13/h1-8,11,16H,9H2. The highest BCUT2D eigenvalue weighted by molar-refractivity contribution is 5.60. The van der Waals surface area contributed by atoms with Gasteiger partial charge in [0.25, 0.3) is 0 Å². The molecule has 0 aliphatic rings. The second-order valence-corrected chi connectivity index (χ2v) is 3.53. The molecule has 2 aromatic rings. The van der Waals surface area contributed by atoms with Crippen molar-refractivity contribution in [1.82, 2.24) is 0 Å². The largest absolute Gasteiger partial charge is 0.356 e. The molecule has 0 radical (unpaired) electrons. The van der Waals surface area contributed by atoms with Crippen molar-refractivity contribution in [3.63, 3.8) is 0 Å². The fourth-order valence-corrected chi connectivity index (χ4v) is 1.54. The summed E-state index contributed by atoms with van der Waals surface area (Å²) in [4.78, 5) is 0. The summed E-state index contributed by atoms with van der Waals surface area (Å²) in [5.41, 5.74) is 3.10. The molecule has 0 aliphatic carbocycles. The van der Waals surface area contributed by atoms with Crippen LogP contribution in [-0.4, -0.2) is 0 Å². The van der Waals surface area contributed by atoms with E-state index in [1.807, 2.05) is 54.6 Å². The number of hydrogen-bond donors (Lipinski definition) is 1. The number of hydrogen-bond acceptors (Lipinski definition) is 2. The molecule has 0 amide bonds. The van der Waals surface area contributed by atoms with Gasteiger partial charge in [-0.25, -0.2) is 0 Å². The van der Waals surface area contributed by atoms with Gasteiger partial charge in [0.1, 0.15) is 0 Å². The molecule has 0 unspecified atom stereocenters. The van der Waals surface area contributed by atoms with Crippen molar-refractivity contribution in [3.8, 4) is 6.07 Å². The average Bonchev–Trinajstić information content (AvgIpc) is 2.31. The molecule has 0 aliphatic heterocycles. The van der Waals surface area contributed by atoms with E-state index in [4.69, 9.17) is 5.26 Å². The first-order valence-electron chi connectivity index (χ1n) is 5.16. The maximum Gasteiger partial charge on any atom is 0.0669 e. The highest BCUT2D eigenvalue weighted by atomic mass is 14.9. The molecule has 0 aromatic heterocycles. The first kappa shape index (κ1) is 10.3. The van der Waals surface area contributed by atoms with Crippen molar-refractivity contribution in [1.29, 1.82) is 5.26 Å². The molecule has 0 atom stereocenters. The maximum absolute atomic E-state index is 8.63. The summed E-state index contributed by atoms with van der Waals surface area (Å²) in [6.45, 7) is 0. The summed E-state index contributed by atoms with van der Waals surface area (Å²) >= 11 is 0. The second-order valence-electron chi connectivity index (χ2n) is 3.53. The summed E-state index contributed by atoms with van der Waals surface area (Å²) in [5.74, 6) is 0. The minimum atomic E-state index is 0.449. The topological polar surface area (TPSA) is 35.8 Å². The highest BCUT2D eigenvalue weighted by Gasteiger charge is 1.96. The van der Waals surface area contributed by atoms with E-state index in [2.05, 4.69) is 11.4 Å². The summed E-state index contributed by atoms with van der Waals surface area (Å²) in [7, 11) is 0. The van der Waals surface area contributed by atoms with Crippen molar-refractivity contribution in [3.05, 3.63) is 60.2 Å².